The first kappa shape index (κ1) is 48.6. The van der Waals surface area contributed by atoms with Gasteiger partial charge in [0.25, 0.3) is 0 Å². The summed E-state index contributed by atoms with van der Waals surface area (Å²) in [6.07, 6.45) is -0.412. The molecule has 0 spiro atoms. The van der Waals surface area contributed by atoms with Crippen molar-refractivity contribution in [3.8, 4) is 0 Å². The van der Waals surface area contributed by atoms with E-state index in [0.29, 0.717) is 25.7 Å². The first-order valence-corrected chi connectivity index (χ1v) is 17.5. The molecule has 15 N–H and O–H groups in total. The number of carbonyl (C=O) groups is 9. The highest BCUT2D eigenvalue weighted by molar-refractivity contribution is 5.96. The molecule has 0 rings (SSSR count). The van der Waals surface area contributed by atoms with Crippen molar-refractivity contribution >= 4 is 59.5 Å². The van der Waals surface area contributed by atoms with Crippen LogP contribution in [0.4, 0.5) is 0 Å². The van der Waals surface area contributed by atoms with Gasteiger partial charge in [0.2, 0.25) is 47.3 Å². The van der Waals surface area contributed by atoms with E-state index in [-0.39, 0.29) is 56.9 Å². The van der Waals surface area contributed by atoms with Crippen LogP contribution in [0.3, 0.4) is 0 Å². The minimum absolute atomic E-state index is 0.0511. The number of aliphatic imine (C=N–C) groups is 1. The average Bonchev–Trinajstić information content (AvgIpc) is 3.10. The van der Waals surface area contributed by atoms with E-state index in [0.717, 1.165) is 6.92 Å². The zero-order chi connectivity index (χ0) is 41.4. The molecular weight excluding hydrogens is 714 g/mol. The molecule has 0 saturated carbocycles. The summed E-state index contributed by atoms with van der Waals surface area (Å²) < 4.78 is 0. The molecule has 0 aliphatic heterocycles. The molecular formula is C32H57N11O11. The molecule has 0 aromatic carbocycles. The van der Waals surface area contributed by atoms with Crippen LogP contribution in [0.15, 0.2) is 4.99 Å². The molecule has 0 unspecified atom stereocenters. The normalized spacial score (nSPS) is 14.6. The van der Waals surface area contributed by atoms with E-state index >= 15 is 0 Å². The van der Waals surface area contributed by atoms with Gasteiger partial charge < -0.3 is 69.4 Å². The molecule has 306 valence electrons. The van der Waals surface area contributed by atoms with Crippen molar-refractivity contribution < 1.29 is 53.4 Å². The maximum atomic E-state index is 13.6. The number of guanidine groups is 1. The molecule has 8 amide bonds. The standard InChI is InChI=1S/C32H57N11O11/c1-5-25(49)36-13-7-6-9-21(28(51)40-20(15-44)16-45)42-29(52)22(10-8-14-37-32(34)35)41-27(50)17(2)38-31(54)26(18(3)46)43-30(53)23(39-19(4)47)11-12-24(33)48/h15,17-18,20-23,26,45-46H,5-14,16H2,1-4H3,(H2,33,48)(H,36,49)(H,38,54)(H,39,47)(H,40,51)(H,41,50)(H,42,52)(H,43,53)(H4,34,35,37)/t17-,18+,20+,21-,22-,23-,26-/m0/s1. The second-order valence-electron chi connectivity index (χ2n) is 12.4. The topological polar surface area (TPSA) is 369 Å². The van der Waals surface area contributed by atoms with Gasteiger partial charge in [0.1, 0.15) is 42.5 Å². The first-order valence-electron chi connectivity index (χ1n) is 17.5. The maximum absolute atomic E-state index is 13.6. The van der Waals surface area contributed by atoms with Crippen LogP contribution in [-0.2, 0) is 43.2 Å². The van der Waals surface area contributed by atoms with E-state index in [4.69, 9.17) is 17.2 Å². The van der Waals surface area contributed by atoms with Crippen molar-refractivity contribution in [1.29, 1.82) is 0 Å². The number of aldehydes is 1. The van der Waals surface area contributed by atoms with E-state index in [2.05, 4.69) is 42.2 Å². The lowest BCUT2D eigenvalue weighted by atomic mass is 10.1. The quantitative estimate of drug-likeness (QED) is 0.0161. The number of nitrogens with zero attached hydrogens (tertiary/aromatic N) is 1. The minimum Gasteiger partial charge on any atom is -0.394 e. The van der Waals surface area contributed by atoms with Gasteiger partial charge in [-0.15, -0.1) is 0 Å². The number of unbranched alkanes of at least 4 members (excludes halogenated alkanes) is 1. The summed E-state index contributed by atoms with van der Waals surface area (Å²) >= 11 is 0. The number of rotatable bonds is 27. The number of amides is 8. The molecule has 0 aliphatic carbocycles. The smallest absolute Gasteiger partial charge is 0.245 e. The zero-order valence-corrected chi connectivity index (χ0v) is 31.1. The van der Waals surface area contributed by atoms with Gasteiger partial charge in [0, 0.05) is 32.9 Å². The van der Waals surface area contributed by atoms with Gasteiger partial charge in [-0.2, -0.15) is 0 Å². The van der Waals surface area contributed by atoms with Gasteiger partial charge >= 0.3 is 0 Å². The van der Waals surface area contributed by atoms with Gasteiger partial charge in [-0.3, -0.25) is 43.3 Å². The lowest BCUT2D eigenvalue weighted by molar-refractivity contribution is -0.136. The number of nitrogens with one attached hydrogen (secondary N) is 7. The number of nitrogens with two attached hydrogens (primary N) is 3. The maximum Gasteiger partial charge on any atom is 0.245 e. The lowest BCUT2D eigenvalue weighted by Gasteiger charge is -2.27. The number of aliphatic hydroxyl groups excluding tert-OH is 2. The Hall–Kier alpha value is -5.38. The molecule has 0 aromatic heterocycles. The Balaban J connectivity index is 5.99. The third-order valence-electron chi connectivity index (χ3n) is 7.65. The Kier molecular flexibility index (Phi) is 23.8. The third kappa shape index (κ3) is 20.6. The molecule has 0 fully saturated rings. The summed E-state index contributed by atoms with van der Waals surface area (Å²) in [5.74, 6) is -6.16. The van der Waals surface area contributed by atoms with E-state index in [9.17, 15) is 53.4 Å². The lowest BCUT2D eigenvalue weighted by Crippen LogP contribution is -2.60. The molecule has 54 heavy (non-hydrogen) atoms. The number of carbonyl (C=O) groups excluding carboxylic acids is 9. The van der Waals surface area contributed by atoms with Crippen LogP contribution in [-0.4, -0.2) is 132 Å². The number of hydrogen-bond acceptors (Lipinski definition) is 12. The summed E-state index contributed by atoms with van der Waals surface area (Å²) in [6.45, 7) is 4.94. The van der Waals surface area contributed by atoms with Crippen molar-refractivity contribution in [2.24, 2.45) is 22.2 Å². The number of hydrogen-bond donors (Lipinski definition) is 12. The highest BCUT2D eigenvalue weighted by Crippen LogP contribution is 2.07. The summed E-state index contributed by atoms with van der Waals surface area (Å²) in [6, 6.07) is -8.06. The van der Waals surface area contributed by atoms with E-state index in [1.807, 2.05) is 0 Å². The largest absolute Gasteiger partial charge is 0.394 e. The van der Waals surface area contributed by atoms with Crippen molar-refractivity contribution in [3.05, 3.63) is 0 Å². The van der Waals surface area contributed by atoms with E-state index < -0.39 is 90.3 Å². The predicted molar refractivity (Wildman–Crippen MR) is 193 cm³/mol. The third-order valence-corrected chi connectivity index (χ3v) is 7.65. The van der Waals surface area contributed by atoms with Crippen LogP contribution in [0.5, 0.6) is 0 Å². The molecule has 0 bridgehead atoms. The Labute approximate surface area is 313 Å². The van der Waals surface area contributed by atoms with Crippen molar-refractivity contribution in [2.45, 2.75) is 121 Å². The summed E-state index contributed by atoms with van der Waals surface area (Å²) in [5.41, 5.74) is 15.9. The van der Waals surface area contributed by atoms with Crippen molar-refractivity contribution in [3.63, 3.8) is 0 Å². The first-order chi connectivity index (χ1) is 25.4. The van der Waals surface area contributed by atoms with Gasteiger partial charge in [-0.25, -0.2) is 0 Å². The van der Waals surface area contributed by atoms with Gasteiger partial charge in [-0.05, 0) is 52.4 Å². The van der Waals surface area contributed by atoms with Crippen LogP contribution < -0.4 is 54.4 Å². The minimum atomic E-state index is -1.63. The zero-order valence-electron chi connectivity index (χ0n) is 31.1. The Morgan fingerprint density at radius 2 is 1.28 bits per heavy atom. The SMILES string of the molecule is CCC(=O)NCCCC[C@H](NC(=O)[C@H](CCCN=C(N)N)NC(=O)[C@H](C)NC(=O)[C@@H](NC(=O)[C@H](CCC(N)=O)NC(C)=O)[C@@H](C)O)C(=O)N[C@H](C=O)CO. The summed E-state index contributed by atoms with van der Waals surface area (Å²) in [4.78, 5) is 115. The van der Waals surface area contributed by atoms with Crippen molar-refractivity contribution in [1.82, 2.24) is 37.2 Å². The molecule has 0 saturated heterocycles. The van der Waals surface area contributed by atoms with Crippen LogP contribution in [0.25, 0.3) is 0 Å². The molecule has 0 aliphatic rings. The molecule has 0 aromatic rings. The summed E-state index contributed by atoms with van der Waals surface area (Å²) in [5, 5.41) is 36.7. The van der Waals surface area contributed by atoms with Gasteiger partial charge in [0.05, 0.1) is 12.7 Å². The van der Waals surface area contributed by atoms with Crippen LogP contribution in [0, 0.1) is 0 Å². The second kappa shape index (κ2) is 26.4. The Bertz CT molecular complexity index is 1330. The van der Waals surface area contributed by atoms with Gasteiger partial charge in [0.15, 0.2) is 5.96 Å². The van der Waals surface area contributed by atoms with Gasteiger partial charge in [-0.1, -0.05) is 6.92 Å². The number of aliphatic hydroxyl groups is 2. The second-order valence-corrected chi connectivity index (χ2v) is 12.4. The Morgan fingerprint density at radius 3 is 1.80 bits per heavy atom. The van der Waals surface area contributed by atoms with E-state index in [1.54, 1.807) is 6.92 Å². The Morgan fingerprint density at radius 1 is 0.722 bits per heavy atom. The highest BCUT2D eigenvalue weighted by Gasteiger charge is 2.33. The molecule has 22 heteroatoms. The fourth-order valence-electron chi connectivity index (χ4n) is 4.67. The summed E-state index contributed by atoms with van der Waals surface area (Å²) in [7, 11) is 0. The van der Waals surface area contributed by atoms with Crippen LogP contribution in [0.1, 0.15) is 79.1 Å². The van der Waals surface area contributed by atoms with E-state index in [1.165, 1.54) is 13.8 Å². The average molecular weight is 772 g/mol. The monoisotopic (exact) mass is 771 g/mol. The number of primary amides is 1. The van der Waals surface area contributed by atoms with Crippen LogP contribution in [0.2, 0.25) is 0 Å². The van der Waals surface area contributed by atoms with Crippen molar-refractivity contribution in [2.75, 3.05) is 19.7 Å². The molecule has 22 nitrogen and oxygen atoms in total. The fraction of sp³-hybridized carbons (Fsp3) is 0.688. The molecule has 0 heterocycles. The molecule has 7 atom stereocenters. The highest BCUT2D eigenvalue weighted by atomic mass is 16.3. The van der Waals surface area contributed by atoms with Crippen LogP contribution >= 0.6 is 0 Å². The fourth-order valence-corrected chi connectivity index (χ4v) is 4.67. The molecule has 0 radical (unpaired) electrons. The predicted octanol–water partition coefficient (Wildman–Crippen LogP) is -5.48.